The standard InChI is InChI=1S/C23H36O2/c1-4-5-11-23(25)14-13-21(2)16(15-23)6-7-17-18-8-9-20(24)22(18,3)12-10-19(17)21/h6,17-19,25H,4-5,7-15H2,1-3H3/t17-,18-,19-,21-,22-,23+/m0/s1. The van der Waals surface area contributed by atoms with Crippen LogP contribution in [0.4, 0.5) is 0 Å². The number of allylic oxidation sites excluding steroid dienone is 1. The maximum absolute atomic E-state index is 12.5. The quantitative estimate of drug-likeness (QED) is 0.692. The molecule has 3 fully saturated rings. The van der Waals surface area contributed by atoms with Gasteiger partial charge in [-0.1, -0.05) is 45.3 Å². The van der Waals surface area contributed by atoms with E-state index in [1.807, 2.05) is 0 Å². The van der Waals surface area contributed by atoms with Crippen LogP contribution in [0.1, 0.15) is 91.4 Å². The summed E-state index contributed by atoms with van der Waals surface area (Å²) in [6.45, 7) is 6.95. The maximum Gasteiger partial charge on any atom is 0.139 e. The predicted octanol–water partition coefficient (Wildman–Crippen LogP) is 5.44. The summed E-state index contributed by atoms with van der Waals surface area (Å²) >= 11 is 0. The van der Waals surface area contributed by atoms with Gasteiger partial charge in [-0.05, 0) is 74.5 Å². The smallest absolute Gasteiger partial charge is 0.139 e. The van der Waals surface area contributed by atoms with Crippen LogP contribution in [0.3, 0.4) is 0 Å². The Morgan fingerprint density at radius 2 is 1.88 bits per heavy atom. The lowest BCUT2D eigenvalue weighted by Crippen LogP contribution is -2.52. The van der Waals surface area contributed by atoms with Crippen LogP contribution >= 0.6 is 0 Å². The predicted molar refractivity (Wildman–Crippen MR) is 101 cm³/mol. The average molecular weight is 345 g/mol. The Balaban J connectivity index is 1.59. The van der Waals surface area contributed by atoms with Gasteiger partial charge in [0.25, 0.3) is 0 Å². The van der Waals surface area contributed by atoms with E-state index in [0.717, 1.165) is 70.1 Å². The molecule has 1 N–H and O–H groups in total. The monoisotopic (exact) mass is 344 g/mol. The number of fused-ring (bicyclic) bond motifs is 5. The van der Waals surface area contributed by atoms with Crippen LogP contribution in [0.5, 0.6) is 0 Å². The highest BCUT2D eigenvalue weighted by Crippen LogP contribution is 2.64. The van der Waals surface area contributed by atoms with Crippen LogP contribution in [0.15, 0.2) is 11.6 Å². The molecule has 0 radical (unpaired) electrons. The number of Topliss-reactive ketones (excluding diaryl/α,β-unsaturated/α-hetero) is 1. The van der Waals surface area contributed by atoms with Gasteiger partial charge in [-0.15, -0.1) is 0 Å². The summed E-state index contributed by atoms with van der Waals surface area (Å²) in [5, 5.41) is 11.1. The van der Waals surface area contributed by atoms with Crippen molar-refractivity contribution >= 4 is 5.78 Å². The number of aliphatic hydroxyl groups is 1. The summed E-state index contributed by atoms with van der Waals surface area (Å²) in [5.74, 6) is 2.57. The van der Waals surface area contributed by atoms with Crippen molar-refractivity contribution in [1.82, 2.24) is 0 Å². The molecule has 4 aliphatic rings. The molecule has 25 heavy (non-hydrogen) atoms. The van der Waals surface area contributed by atoms with Crippen molar-refractivity contribution in [1.29, 1.82) is 0 Å². The van der Waals surface area contributed by atoms with Crippen molar-refractivity contribution in [2.75, 3.05) is 0 Å². The van der Waals surface area contributed by atoms with Crippen molar-refractivity contribution < 1.29 is 9.90 Å². The second kappa shape index (κ2) is 5.94. The van der Waals surface area contributed by atoms with Crippen molar-refractivity contribution in [3.63, 3.8) is 0 Å². The lowest BCUT2D eigenvalue weighted by molar-refractivity contribution is -0.132. The SMILES string of the molecule is CCCC[C@@]1(O)CC[C@@]2(C)C(=CC[C@@H]3[C@@H]2CC[C@]2(C)C(=O)CC[C@@H]32)C1. The minimum Gasteiger partial charge on any atom is -0.390 e. The molecule has 0 aliphatic heterocycles. The number of ketones is 1. The lowest BCUT2D eigenvalue weighted by Gasteiger charge is -2.58. The van der Waals surface area contributed by atoms with E-state index in [4.69, 9.17) is 0 Å². The van der Waals surface area contributed by atoms with Crippen molar-refractivity contribution in [2.45, 2.75) is 97.0 Å². The van der Waals surface area contributed by atoms with E-state index in [1.165, 1.54) is 6.42 Å². The molecule has 4 aliphatic carbocycles. The van der Waals surface area contributed by atoms with Crippen LogP contribution in [0.25, 0.3) is 0 Å². The Hall–Kier alpha value is -0.630. The third-order valence-electron chi connectivity index (χ3n) is 8.96. The molecule has 2 heteroatoms. The van der Waals surface area contributed by atoms with E-state index < -0.39 is 5.60 Å². The molecule has 0 heterocycles. The molecule has 0 spiro atoms. The third kappa shape index (κ3) is 2.58. The average Bonchev–Trinajstić information content (AvgIpc) is 2.89. The number of carbonyl (C=O) groups is 1. The highest BCUT2D eigenvalue weighted by atomic mass is 16.3. The Morgan fingerprint density at radius 1 is 1.12 bits per heavy atom. The van der Waals surface area contributed by atoms with Gasteiger partial charge < -0.3 is 5.11 Å². The minimum atomic E-state index is -0.458. The molecule has 0 bridgehead atoms. The van der Waals surface area contributed by atoms with E-state index in [9.17, 15) is 9.90 Å². The zero-order chi connectivity index (χ0) is 17.9. The van der Waals surface area contributed by atoms with Crippen LogP contribution in [-0.4, -0.2) is 16.5 Å². The summed E-state index contributed by atoms with van der Waals surface area (Å²) in [7, 11) is 0. The zero-order valence-electron chi connectivity index (χ0n) is 16.4. The summed E-state index contributed by atoms with van der Waals surface area (Å²) in [4.78, 5) is 12.5. The van der Waals surface area contributed by atoms with Gasteiger partial charge in [0.2, 0.25) is 0 Å². The zero-order valence-corrected chi connectivity index (χ0v) is 16.4. The second-order valence-electron chi connectivity index (χ2n) is 10.2. The summed E-state index contributed by atoms with van der Waals surface area (Å²) < 4.78 is 0. The van der Waals surface area contributed by atoms with E-state index in [-0.39, 0.29) is 10.8 Å². The third-order valence-corrected chi connectivity index (χ3v) is 8.96. The number of rotatable bonds is 3. The number of hydrogen-bond acceptors (Lipinski definition) is 2. The van der Waals surface area contributed by atoms with Gasteiger partial charge in [-0.2, -0.15) is 0 Å². The molecule has 4 rings (SSSR count). The topological polar surface area (TPSA) is 37.3 Å². The Morgan fingerprint density at radius 3 is 2.64 bits per heavy atom. The fourth-order valence-electron chi connectivity index (χ4n) is 7.20. The molecule has 3 saturated carbocycles. The first-order valence-electron chi connectivity index (χ1n) is 10.8. The number of hydrogen-bond donors (Lipinski definition) is 1. The van der Waals surface area contributed by atoms with Crippen LogP contribution in [0.2, 0.25) is 0 Å². The lowest BCUT2D eigenvalue weighted by atomic mass is 9.47. The molecule has 2 nitrogen and oxygen atoms in total. The molecule has 140 valence electrons. The van der Waals surface area contributed by atoms with Crippen LogP contribution < -0.4 is 0 Å². The van der Waals surface area contributed by atoms with E-state index in [0.29, 0.717) is 17.6 Å². The van der Waals surface area contributed by atoms with Gasteiger partial charge in [0, 0.05) is 11.8 Å². The molecule has 6 atom stereocenters. The first kappa shape index (κ1) is 17.8. The Bertz CT molecular complexity index is 593. The fraction of sp³-hybridized carbons (Fsp3) is 0.870. The van der Waals surface area contributed by atoms with Crippen molar-refractivity contribution in [3.8, 4) is 0 Å². The number of carbonyl (C=O) groups excluding carboxylic acids is 1. The molecular weight excluding hydrogens is 308 g/mol. The Labute approximate surface area is 153 Å². The molecule has 0 aromatic carbocycles. The molecule has 0 aromatic rings. The number of unbranched alkanes of at least 4 members (excludes halogenated alkanes) is 1. The maximum atomic E-state index is 12.5. The molecule has 0 amide bonds. The highest BCUT2D eigenvalue weighted by molar-refractivity contribution is 5.87. The van der Waals surface area contributed by atoms with Crippen LogP contribution in [-0.2, 0) is 4.79 Å². The van der Waals surface area contributed by atoms with E-state index in [2.05, 4.69) is 26.8 Å². The fourth-order valence-corrected chi connectivity index (χ4v) is 7.20. The minimum absolute atomic E-state index is 0.0284. The highest BCUT2D eigenvalue weighted by Gasteiger charge is 2.59. The first-order chi connectivity index (χ1) is 11.8. The van der Waals surface area contributed by atoms with Crippen molar-refractivity contribution in [3.05, 3.63) is 11.6 Å². The van der Waals surface area contributed by atoms with Gasteiger partial charge >= 0.3 is 0 Å². The van der Waals surface area contributed by atoms with Gasteiger partial charge in [0.05, 0.1) is 5.60 Å². The van der Waals surface area contributed by atoms with Gasteiger partial charge in [-0.3, -0.25) is 4.79 Å². The van der Waals surface area contributed by atoms with E-state index in [1.54, 1.807) is 5.57 Å². The Kier molecular flexibility index (Phi) is 4.22. The normalized spacial score (nSPS) is 49.2. The molecule has 0 aromatic heterocycles. The largest absolute Gasteiger partial charge is 0.390 e. The summed E-state index contributed by atoms with van der Waals surface area (Å²) in [6, 6.07) is 0. The summed E-state index contributed by atoms with van der Waals surface area (Å²) in [6.07, 6.45) is 14.1. The first-order valence-corrected chi connectivity index (χ1v) is 10.8. The van der Waals surface area contributed by atoms with E-state index >= 15 is 0 Å². The van der Waals surface area contributed by atoms with Gasteiger partial charge in [-0.25, -0.2) is 0 Å². The molecule has 0 unspecified atom stereocenters. The van der Waals surface area contributed by atoms with Crippen LogP contribution in [0, 0.1) is 28.6 Å². The van der Waals surface area contributed by atoms with Gasteiger partial charge in [0.1, 0.15) is 5.78 Å². The summed E-state index contributed by atoms with van der Waals surface area (Å²) in [5.41, 5.74) is 1.33. The van der Waals surface area contributed by atoms with Crippen molar-refractivity contribution in [2.24, 2.45) is 28.6 Å². The molecular formula is C23H36O2. The van der Waals surface area contributed by atoms with Gasteiger partial charge in [0.15, 0.2) is 0 Å². The molecule has 0 saturated heterocycles. The second-order valence-corrected chi connectivity index (χ2v) is 10.2.